The van der Waals surface area contributed by atoms with Crippen molar-refractivity contribution in [3.05, 3.63) is 47.7 Å². The fraction of sp³-hybridized carbons (Fsp3) is 0.444. The molecule has 9 nitrogen and oxygen atoms in total. The minimum atomic E-state index is -0.937. The van der Waals surface area contributed by atoms with E-state index in [-0.39, 0.29) is 46.1 Å². The Labute approximate surface area is 276 Å². The van der Waals surface area contributed by atoms with Crippen LogP contribution in [0.4, 0.5) is 19.0 Å². The third kappa shape index (κ3) is 5.79. The molecule has 5 heterocycles. The molecule has 2 aromatic carbocycles. The fourth-order valence-electron chi connectivity index (χ4n) is 7.15. The zero-order valence-corrected chi connectivity index (χ0v) is 26.9. The Morgan fingerprint density at radius 1 is 1.17 bits per heavy atom. The Balaban J connectivity index is 1.39. The second kappa shape index (κ2) is 12.9. The van der Waals surface area contributed by atoms with Crippen LogP contribution in [0, 0.1) is 29.9 Å². The largest absolute Gasteiger partial charge is 0.461 e. The molecule has 0 saturated carbocycles. The van der Waals surface area contributed by atoms with Gasteiger partial charge in [0.2, 0.25) is 0 Å². The van der Waals surface area contributed by atoms with Crippen LogP contribution in [0.1, 0.15) is 45.1 Å². The smallest absolute Gasteiger partial charge is 0.319 e. The first-order valence-corrected chi connectivity index (χ1v) is 16.3. The lowest BCUT2D eigenvalue weighted by atomic mass is 9.95. The number of terminal acetylenes is 1. The van der Waals surface area contributed by atoms with Crippen molar-refractivity contribution in [1.29, 1.82) is 0 Å². The molecule has 3 aliphatic rings. The number of fused-ring (bicyclic) bond motifs is 3. The quantitative estimate of drug-likeness (QED) is 0.138. The number of halogens is 3. The highest BCUT2D eigenvalue weighted by molar-refractivity contribution is 6.03. The van der Waals surface area contributed by atoms with Crippen LogP contribution in [0.15, 0.2) is 30.5 Å². The van der Waals surface area contributed by atoms with Crippen LogP contribution in [0.5, 0.6) is 11.8 Å². The van der Waals surface area contributed by atoms with Gasteiger partial charge in [-0.25, -0.2) is 13.2 Å². The van der Waals surface area contributed by atoms with E-state index in [1.807, 2.05) is 4.90 Å². The first-order chi connectivity index (χ1) is 23.2. The van der Waals surface area contributed by atoms with Gasteiger partial charge in [0.15, 0.2) is 5.82 Å². The van der Waals surface area contributed by atoms with Gasteiger partial charge in [-0.1, -0.05) is 25.8 Å². The summed E-state index contributed by atoms with van der Waals surface area (Å²) in [4.78, 5) is 30.5. The second-order valence-electron chi connectivity index (χ2n) is 13.0. The summed E-state index contributed by atoms with van der Waals surface area (Å²) in [6, 6.07) is 5.66. The molecular formula is C36H36F3N5O4. The SMILES string of the molecule is C#Cc1c(F)ccc2cc(OC(=O)C(C)C)cc(-c3ncc4c(N5CCCOCC5)nc(OC[C@@]56CCCN5C[C@H](F)C6)nc4c3F)c12. The number of rotatable bonds is 7. The Kier molecular flexibility index (Phi) is 8.60. The molecule has 0 aliphatic carbocycles. The number of nitrogens with zero attached hydrogens (tertiary/aromatic N) is 5. The maximum absolute atomic E-state index is 17.0. The van der Waals surface area contributed by atoms with Gasteiger partial charge >= 0.3 is 12.0 Å². The third-order valence-corrected chi connectivity index (χ3v) is 9.53. The summed E-state index contributed by atoms with van der Waals surface area (Å²) in [5, 5.41) is 1.03. The molecule has 7 rings (SSSR count). The summed E-state index contributed by atoms with van der Waals surface area (Å²) >= 11 is 0. The van der Waals surface area contributed by atoms with E-state index in [1.54, 1.807) is 19.9 Å². The van der Waals surface area contributed by atoms with Crippen LogP contribution in [0.3, 0.4) is 0 Å². The first kappa shape index (κ1) is 32.1. The van der Waals surface area contributed by atoms with Crippen LogP contribution < -0.4 is 14.4 Å². The molecule has 4 aromatic rings. The number of esters is 1. The van der Waals surface area contributed by atoms with Crippen LogP contribution in [0.2, 0.25) is 0 Å². The average molecular weight is 660 g/mol. The van der Waals surface area contributed by atoms with Gasteiger partial charge in [-0.05, 0) is 49.4 Å². The summed E-state index contributed by atoms with van der Waals surface area (Å²) in [7, 11) is 0. The number of anilines is 1. The molecule has 0 N–H and O–H groups in total. The number of aromatic nitrogens is 3. The van der Waals surface area contributed by atoms with Gasteiger partial charge in [0.05, 0.1) is 29.0 Å². The molecule has 2 atom stereocenters. The maximum atomic E-state index is 17.0. The van der Waals surface area contributed by atoms with Gasteiger partial charge in [-0.2, -0.15) is 9.97 Å². The highest BCUT2D eigenvalue weighted by Crippen LogP contribution is 2.42. The molecular weight excluding hydrogens is 623 g/mol. The zero-order valence-electron chi connectivity index (χ0n) is 26.9. The molecule has 12 heteroatoms. The van der Waals surface area contributed by atoms with E-state index in [0.29, 0.717) is 55.9 Å². The zero-order chi connectivity index (χ0) is 33.6. The minimum absolute atomic E-state index is 0.0397. The van der Waals surface area contributed by atoms with Crippen molar-refractivity contribution >= 4 is 33.5 Å². The van der Waals surface area contributed by atoms with Gasteiger partial charge in [-0.15, -0.1) is 6.42 Å². The molecule has 3 aliphatic heterocycles. The van der Waals surface area contributed by atoms with Crippen molar-refractivity contribution in [2.45, 2.75) is 51.2 Å². The Morgan fingerprint density at radius 2 is 2.02 bits per heavy atom. The number of benzene rings is 2. The van der Waals surface area contributed by atoms with Crippen LogP contribution in [-0.2, 0) is 9.53 Å². The van der Waals surface area contributed by atoms with Gasteiger partial charge in [0, 0.05) is 49.8 Å². The van der Waals surface area contributed by atoms with Gasteiger partial charge in [-0.3, -0.25) is 14.7 Å². The minimum Gasteiger partial charge on any atom is -0.461 e. The number of ether oxygens (including phenoxy) is 3. The number of carbonyl (C=O) groups is 1. The standard InChI is InChI=1S/C36H36F3N5O4/c1-4-25-28(38)8-7-22-15-24(48-34(45)21(2)3)16-26(29(22)25)31-30(39)32-27(18-40-31)33(43-10-6-13-46-14-12-43)42-35(41-32)47-20-36-9-5-11-44(36)19-23(37)17-36/h1,7-8,15-16,18,21,23H,5-6,9-14,17,19-20H2,2-3H3/t23-,36+/m1/s1. The summed E-state index contributed by atoms with van der Waals surface area (Å²) in [5.74, 6) is 0.569. The van der Waals surface area contributed by atoms with E-state index < -0.39 is 35.2 Å². The topological polar surface area (TPSA) is 89.9 Å². The molecule has 2 aromatic heterocycles. The van der Waals surface area contributed by atoms with Crippen molar-refractivity contribution in [3.63, 3.8) is 0 Å². The lowest BCUT2D eigenvalue weighted by molar-refractivity contribution is -0.137. The fourth-order valence-corrected chi connectivity index (χ4v) is 7.15. The van der Waals surface area contributed by atoms with E-state index in [4.69, 9.17) is 25.6 Å². The number of carbonyl (C=O) groups excluding carboxylic acids is 1. The Morgan fingerprint density at radius 3 is 2.83 bits per heavy atom. The average Bonchev–Trinajstić information content (AvgIpc) is 3.45. The number of pyridine rings is 1. The third-order valence-electron chi connectivity index (χ3n) is 9.53. The maximum Gasteiger partial charge on any atom is 0.319 e. The van der Waals surface area contributed by atoms with Crippen molar-refractivity contribution in [2.24, 2.45) is 5.92 Å². The molecule has 0 unspecified atom stereocenters. The first-order valence-electron chi connectivity index (χ1n) is 16.3. The summed E-state index contributed by atoms with van der Waals surface area (Å²) in [5.41, 5.74) is -0.623. The molecule has 0 spiro atoms. The molecule has 3 saturated heterocycles. The molecule has 250 valence electrons. The summed E-state index contributed by atoms with van der Waals surface area (Å²) in [6.45, 7) is 6.88. The molecule has 3 fully saturated rings. The van der Waals surface area contributed by atoms with E-state index >= 15 is 8.78 Å². The van der Waals surface area contributed by atoms with E-state index in [9.17, 15) is 9.18 Å². The normalized spacial score (nSPS) is 21.4. The Bertz CT molecular complexity index is 1940. The van der Waals surface area contributed by atoms with Crippen molar-refractivity contribution < 1.29 is 32.2 Å². The molecule has 48 heavy (non-hydrogen) atoms. The highest BCUT2D eigenvalue weighted by atomic mass is 19.1. The molecule has 0 amide bonds. The van der Waals surface area contributed by atoms with Gasteiger partial charge in [0.1, 0.15) is 41.4 Å². The predicted molar refractivity (Wildman–Crippen MR) is 175 cm³/mol. The Hall–Kier alpha value is -4.47. The van der Waals surface area contributed by atoms with Crippen molar-refractivity contribution in [3.8, 4) is 35.4 Å². The lowest BCUT2D eigenvalue weighted by Gasteiger charge is -2.31. The highest BCUT2D eigenvalue weighted by Gasteiger charge is 2.49. The van der Waals surface area contributed by atoms with Crippen molar-refractivity contribution in [2.75, 3.05) is 50.9 Å². The second-order valence-corrected chi connectivity index (χ2v) is 13.0. The van der Waals surface area contributed by atoms with Crippen molar-refractivity contribution in [1.82, 2.24) is 19.9 Å². The number of hydrogen-bond donors (Lipinski definition) is 0. The van der Waals surface area contributed by atoms with E-state index in [2.05, 4.69) is 20.8 Å². The van der Waals surface area contributed by atoms with E-state index in [0.717, 1.165) is 25.8 Å². The summed E-state index contributed by atoms with van der Waals surface area (Å²) < 4.78 is 64.0. The monoisotopic (exact) mass is 659 g/mol. The van der Waals surface area contributed by atoms with Crippen LogP contribution in [-0.4, -0.2) is 83.5 Å². The number of alkyl halides is 1. The molecule has 0 radical (unpaired) electrons. The lowest BCUT2D eigenvalue weighted by Crippen LogP contribution is -2.43. The van der Waals surface area contributed by atoms with E-state index in [1.165, 1.54) is 24.4 Å². The van der Waals surface area contributed by atoms with Gasteiger partial charge in [0.25, 0.3) is 0 Å². The molecule has 0 bridgehead atoms. The number of hydrogen-bond acceptors (Lipinski definition) is 9. The van der Waals surface area contributed by atoms with Gasteiger partial charge < -0.3 is 19.1 Å². The summed E-state index contributed by atoms with van der Waals surface area (Å²) in [6.07, 6.45) is 9.12. The van der Waals surface area contributed by atoms with Crippen LogP contribution >= 0.6 is 0 Å². The van der Waals surface area contributed by atoms with Crippen LogP contribution in [0.25, 0.3) is 32.9 Å². The predicted octanol–water partition coefficient (Wildman–Crippen LogP) is 5.85.